The number of carbonyl (C=O) groups excluding carboxylic acids is 1. The molecule has 49 heavy (non-hydrogen) atoms. The Hall–Kier alpha value is -3.93. The number of carbonyl (C=O) groups is 1. The van der Waals surface area contributed by atoms with Crippen molar-refractivity contribution in [1.29, 1.82) is 0 Å². The number of aliphatic hydroxyl groups is 1. The number of hydrogen-bond donors (Lipinski definition) is 2. The fraction of sp³-hybridized carbons (Fsp3) is 0.432. The first kappa shape index (κ1) is 34.9. The third kappa shape index (κ3) is 9.00. The molecule has 2 heterocycles. The van der Waals surface area contributed by atoms with Crippen LogP contribution >= 0.6 is 11.6 Å². The topological polar surface area (TPSA) is 92.5 Å². The molecule has 0 radical (unpaired) electrons. The van der Waals surface area contributed by atoms with Crippen LogP contribution in [0.25, 0.3) is 0 Å². The Balaban J connectivity index is 1.18. The lowest BCUT2D eigenvalue weighted by atomic mass is 9.83. The Morgan fingerprint density at radius 3 is 2.24 bits per heavy atom. The predicted octanol–water partition coefficient (Wildman–Crippen LogP) is 7.50. The van der Waals surface area contributed by atoms with Gasteiger partial charge in [0, 0.05) is 19.6 Å². The number of nitrogens with zero attached hydrogens (tertiary/aromatic N) is 4. The maximum atomic E-state index is 13.5. The minimum atomic E-state index is -4.61. The van der Waals surface area contributed by atoms with Gasteiger partial charge < -0.3 is 15.2 Å². The Morgan fingerprint density at radius 1 is 0.980 bits per heavy atom. The monoisotopic (exact) mass is 695 g/mol. The Morgan fingerprint density at radius 2 is 1.61 bits per heavy atom. The molecule has 1 aromatic heterocycles. The molecule has 4 aromatic rings. The summed E-state index contributed by atoms with van der Waals surface area (Å²) >= 11 is 5.82. The molecule has 12 heteroatoms. The van der Waals surface area contributed by atoms with Gasteiger partial charge in [0.25, 0.3) is 0 Å². The van der Waals surface area contributed by atoms with Gasteiger partial charge in [-0.2, -0.15) is 13.2 Å². The van der Waals surface area contributed by atoms with E-state index in [0.717, 1.165) is 42.9 Å². The maximum Gasteiger partial charge on any atom is 0.417 e. The smallest absolute Gasteiger partial charge is 0.417 e. The highest BCUT2D eigenvalue weighted by molar-refractivity contribution is 6.31. The second-order valence-corrected chi connectivity index (χ2v) is 13.6. The molecule has 1 saturated heterocycles. The standard InChI is InChI=1S/C37H41ClF3N5O3/c38-32-16-15-28(23-31(32)37(39,40)41)36(48)17-19-45(20-18-36)24-29-25-46(44-43-29)34(22-27-11-5-2-6-12-27)33(21-26-9-3-1-4-10-26)42-35(47)49-30-13-7-8-14-30/h1-6,9-12,15-16,23,25,30,33-34,48H,7-8,13-14,17-22,24H2,(H,42,47)/t33-,34-/m0/s1. The van der Waals surface area contributed by atoms with Gasteiger partial charge in [0.1, 0.15) is 6.10 Å². The van der Waals surface area contributed by atoms with Crippen LogP contribution in [-0.4, -0.2) is 56.3 Å². The summed E-state index contributed by atoms with van der Waals surface area (Å²) in [6.07, 6.45) is 2.28. The number of alkyl carbamates (subject to hydrolysis) is 1. The first-order valence-electron chi connectivity index (χ1n) is 16.8. The van der Waals surface area contributed by atoms with Crippen molar-refractivity contribution in [3.05, 3.63) is 118 Å². The van der Waals surface area contributed by atoms with Gasteiger partial charge in [0.2, 0.25) is 0 Å². The van der Waals surface area contributed by atoms with E-state index in [-0.39, 0.29) is 36.6 Å². The summed E-state index contributed by atoms with van der Waals surface area (Å²) in [7, 11) is 0. The molecule has 2 atom stereocenters. The van der Waals surface area contributed by atoms with Gasteiger partial charge in [-0.25, -0.2) is 9.48 Å². The lowest BCUT2D eigenvalue weighted by Crippen LogP contribution is -2.45. The van der Waals surface area contributed by atoms with Crippen LogP contribution in [0.1, 0.15) is 72.5 Å². The fourth-order valence-electron chi connectivity index (χ4n) is 6.95. The molecule has 8 nitrogen and oxygen atoms in total. The molecular formula is C37H41ClF3N5O3. The van der Waals surface area contributed by atoms with Gasteiger partial charge in [-0.1, -0.05) is 83.5 Å². The molecule has 0 unspecified atom stereocenters. The highest BCUT2D eigenvalue weighted by atomic mass is 35.5. The van der Waals surface area contributed by atoms with E-state index in [1.165, 1.54) is 12.1 Å². The van der Waals surface area contributed by atoms with Crippen molar-refractivity contribution in [3.63, 3.8) is 0 Å². The largest absolute Gasteiger partial charge is 0.446 e. The van der Waals surface area contributed by atoms with Crippen molar-refractivity contribution >= 4 is 17.7 Å². The molecule has 1 saturated carbocycles. The zero-order valence-electron chi connectivity index (χ0n) is 27.2. The molecule has 2 fully saturated rings. The number of aromatic nitrogens is 3. The number of nitrogens with one attached hydrogen (secondary N) is 1. The van der Waals surface area contributed by atoms with E-state index in [9.17, 15) is 23.1 Å². The molecule has 3 aromatic carbocycles. The minimum absolute atomic E-state index is 0.0727. The van der Waals surface area contributed by atoms with Crippen LogP contribution in [0, 0.1) is 0 Å². The van der Waals surface area contributed by atoms with Crippen molar-refractivity contribution in [3.8, 4) is 0 Å². The number of amides is 1. The summed E-state index contributed by atoms with van der Waals surface area (Å²) in [4.78, 5) is 15.3. The lowest BCUT2D eigenvalue weighted by molar-refractivity contribution is -0.137. The Bertz CT molecular complexity index is 1670. The Labute approximate surface area is 289 Å². The SMILES string of the molecule is O=C(N[C@@H](Cc1ccccc1)[C@H](Cc1ccccc1)n1cc(CN2CCC(O)(c3ccc(Cl)c(C(F)(F)F)c3)CC2)nn1)OC1CCCC1. The molecule has 0 spiro atoms. The Kier molecular flexibility index (Phi) is 10.9. The van der Waals surface area contributed by atoms with E-state index in [1.807, 2.05) is 59.4 Å². The van der Waals surface area contributed by atoms with Crippen molar-refractivity contribution in [2.24, 2.45) is 0 Å². The van der Waals surface area contributed by atoms with Crippen molar-refractivity contribution in [1.82, 2.24) is 25.2 Å². The number of hydrogen-bond acceptors (Lipinski definition) is 6. The maximum absolute atomic E-state index is 13.5. The number of alkyl halides is 3. The van der Waals surface area contributed by atoms with E-state index < -0.39 is 28.5 Å². The zero-order chi connectivity index (χ0) is 34.4. The third-order valence-electron chi connectivity index (χ3n) is 9.71. The number of rotatable bonds is 11. The van der Waals surface area contributed by atoms with Gasteiger partial charge in [-0.3, -0.25) is 4.90 Å². The lowest BCUT2D eigenvalue weighted by Gasteiger charge is -2.38. The number of benzene rings is 3. The number of piperidine rings is 1. The first-order chi connectivity index (χ1) is 23.6. The first-order valence-corrected chi connectivity index (χ1v) is 17.2. The van der Waals surface area contributed by atoms with Crippen LogP contribution < -0.4 is 5.32 Å². The summed E-state index contributed by atoms with van der Waals surface area (Å²) in [6, 6.07) is 23.0. The summed E-state index contributed by atoms with van der Waals surface area (Å²) in [5.74, 6) is 0. The molecule has 2 N–H and O–H groups in total. The van der Waals surface area contributed by atoms with E-state index >= 15 is 0 Å². The summed E-state index contributed by atoms with van der Waals surface area (Å²) in [5, 5.41) is 23.2. The number of likely N-dealkylation sites (tertiary alicyclic amines) is 1. The summed E-state index contributed by atoms with van der Waals surface area (Å²) in [5.41, 5.74) is 0.721. The highest BCUT2D eigenvalue weighted by Crippen LogP contribution is 2.40. The average molecular weight is 696 g/mol. The molecule has 0 bridgehead atoms. The second kappa shape index (κ2) is 15.3. The number of ether oxygens (including phenoxy) is 1. The van der Waals surface area contributed by atoms with Gasteiger partial charge in [0.05, 0.1) is 40.2 Å². The normalized spacial score (nSPS) is 18.2. The van der Waals surface area contributed by atoms with Crippen LogP contribution in [-0.2, 0) is 35.9 Å². The van der Waals surface area contributed by atoms with Gasteiger partial charge in [-0.15, -0.1) is 5.10 Å². The molecule has 1 aliphatic heterocycles. The van der Waals surface area contributed by atoms with Crippen molar-refractivity contribution < 1.29 is 27.8 Å². The van der Waals surface area contributed by atoms with E-state index in [4.69, 9.17) is 16.3 Å². The molecule has 260 valence electrons. The number of halogens is 4. The van der Waals surface area contributed by atoms with Crippen LogP contribution in [0.3, 0.4) is 0 Å². The summed E-state index contributed by atoms with van der Waals surface area (Å²) in [6.45, 7) is 1.35. The van der Waals surface area contributed by atoms with Gasteiger partial charge in [-0.05, 0) is 80.2 Å². The molecule has 1 amide bonds. The average Bonchev–Trinajstić information content (AvgIpc) is 3.77. The van der Waals surface area contributed by atoms with Crippen molar-refractivity contribution in [2.75, 3.05) is 13.1 Å². The summed E-state index contributed by atoms with van der Waals surface area (Å²) < 4.78 is 48.1. The van der Waals surface area contributed by atoms with Gasteiger partial charge in [0.15, 0.2) is 0 Å². The second-order valence-electron chi connectivity index (χ2n) is 13.2. The zero-order valence-corrected chi connectivity index (χ0v) is 27.9. The molecule has 6 rings (SSSR count). The highest BCUT2D eigenvalue weighted by Gasteiger charge is 2.39. The van der Waals surface area contributed by atoms with Crippen molar-refractivity contribution in [2.45, 2.75) is 87.9 Å². The van der Waals surface area contributed by atoms with E-state index in [0.29, 0.717) is 38.2 Å². The van der Waals surface area contributed by atoms with E-state index in [1.54, 1.807) is 0 Å². The van der Waals surface area contributed by atoms with Gasteiger partial charge >= 0.3 is 12.3 Å². The quantitative estimate of drug-likeness (QED) is 0.169. The molecule has 2 aliphatic rings. The molecular weight excluding hydrogens is 655 g/mol. The fourth-order valence-corrected chi connectivity index (χ4v) is 7.17. The third-order valence-corrected chi connectivity index (χ3v) is 10.0. The van der Waals surface area contributed by atoms with Crippen LogP contribution in [0.4, 0.5) is 18.0 Å². The van der Waals surface area contributed by atoms with Crippen LogP contribution in [0.15, 0.2) is 85.1 Å². The minimum Gasteiger partial charge on any atom is -0.446 e. The predicted molar refractivity (Wildman–Crippen MR) is 180 cm³/mol. The van der Waals surface area contributed by atoms with Crippen LogP contribution in [0.2, 0.25) is 5.02 Å². The van der Waals surface area contributed by atoms with Crippen LogP contribution in [0.5, 0.6) is 0 Å². The van der Waals surface area contributed by atoms with E-state index in [2.05, 4.69) is 32.7 Å². The molecule has 1 aliphatic carbocycles.